The summed E-state index contributed by atoms with van der Waals surface area (Å²) in [6, 6.07) is -0.573. The van der Waals surface area contributed by atoms with Crippen LogP contribution in [0.1, 0.15) is 31.6 Å². The number of carbonyl (C=O) groups is 3. The van der Waals surface area contributed by atoms with Crippen molar-refractivity contribution in [1.29, 1.82) is 0 Å². The number of aromatic amines is 1. The molecular weight excluding hydrogens is 276 g/mol. The van der Waals surface area contributed by atoms with Crippen LogP contribution in [0.3, 0.4) is 0 Å². The van der Waals surface area contributed by atoms with Crippen LogP contribution in [0.15, 0.2) is 6.33 Å². The lowest BCUT2D eigenvalue weighted by molar-refractivity contribution is -0.126. The highest BCUT2D eigenvalue weighted by atomic mass is 16.2. The normalized spacial score (nSPS) is 16.5. The number of H-pyrrole nitrogens is 1. The van der Waals surface area contributed by atoms with Gasteiger partial charge in [-0.3, -0.25) is 19.6 Å². The van der Waals surface area contributed by atoms with Gasteiger partial charge in [0.25, 0.3) is 0 Å². The van der Waals surface area contributed by atoms with E-state index < -0.39 is 0 Å². The van der Waals surface area contributed by atoms with Crippen LogP contribution >= 0.6 is 0 Å². The zero-order chi connectivity index (χ0) is 15.4. The quantitative estimate of drug-likeness (QED) is 0.697. The van der Waals surface area contributed by atoms with Crippen LogP contribution < -0.4 is 5.32 Å². The monoisotopic (exact) mass is 294 g/mol. The Morgan fingerprint density at radius 3 is 2.86 bits per heavy atom. The molecule has 1 aromatic heterocycles. The second kappa shape index (κ2) is 6.33. The maximum atomic E-state index is 11.8. The van der Waals surface area contributed by atoms with Gasteiger partial charge in [-0.1, -0.05) is 0 Å². The Kier molecular flexibility index (Phi) is 4.51. The van der Waals surface area contributed by atoms with E-state index in [9.17, 15) is 14.4 Å². The number of urea groups is 1. The molecular formula is C12H18N6O3. The fraction of sp³-hybridized carbons (Fsp3) is 0.583. The van der Waals surface area contributed by atoms with E-state index in [-0.39, 0.29) is 43.4 Å². The first kappa shape index (κ1) is 14.9. The standard InChI is InChI=1S/C12H18N6O3/c1-8(11-13-7-14-16-11)15-9(19)4-3-5-18-10(20)6-17(2)12(18)21/h7-8H,3-6H2,1-2H3,(H,15,19)(H,13,14,16). The van der Waals surface area contributed by atoms with Crippen molar-refractivity contribution >= 4 is 17.8 Å². The van der Waals surface area contributed by atoms with E-state index in [1.807, 2.05) is 0 Å². The minimum Gasteiger partial charge on any atom is -0.346 e. The van der Waals surface area contributed by atoms with E-state index in [2.05, 4.69) is 20.5 Å². The summed E-state index contributed by atoms with van der Waals surface area (Å²) in [5, 5.41) is 9.16. The summed E-state index contributed by atoms with van der Waals surface area (Å²) in [6.07, 6.45) is 2.04. The average Bonchev–Trinajstić information content (AvgIpc) is 3.03. The van der Waals surface area contributed by atoms with E-state index in [0.29, 0.717) is 12.2 Å². The number of nitrogens with one attached hydrogen (secondary N) is 2. The lowest BCUT2D eigenvalue weighted by Gasteiger charge is -2.14. The summed E-state index contributed by atoms with van der Waals surface area (Å²) in [6.45, 7) is 2.15. The fourth-order valence-electron chi connectivity index (χ4n) is 2.09. The van der Waals surface area contributed by atoms with Gasteiger partial charge in [0.05, 0.1) is 6.04 Å². The van der Waals surface area contributed by atoms with Gasteiger partial charge in [0.1, 0.15) is 18.7 Å². The Bertz CT molecular complexity index is 529. The molecule has 1 saturated heterocycles. The van der Waals surface area contributed by atoms with Crippen LogP contribution in [-0.4, -0.2) is 63.0 Å². The van der Waals surface area contributed by atoms with Gasteiger partial charge in [-0.2, -0.15) is 5.10 Å². The van der Waals surface area contributed by atoms with E-state index in [0.717, 1.165) is 0 Å². The number of imide groups is 1. The molecule has 0 spiro atoms. The van der Waals surface area contributed by atoms with Crippen molar-refractivity contribution < 1.29 is 14.4 Å². The van der Waals surface area contributed by atoms with E-state index >= 15 is 0 Å². The molecule has 1 aliphatic heterocycles. The third kappa shape index (κ3) is 3.56. The highest BCUT2D eigenvalue weighted by molar-refractivity contribution is 6.01. The minimum atomic E-state index is -0.310. The molecule has 9 nitrogen and oxygen atoms in total. The number of hydrogen-bond donors (Lipinski definition) is 2. The summed E-state index contributed by atoms with van der Waals surface area (Å²) in [4.78, 5) is 41.4. The number of aromatic nitrogens is 3. The summed E-state index contributed by atoms with van der Waals surface area (Å²) >= 11 is 0. The molecule has 1 atom stereocenters. The van der Waals surface area contributed by atoms with Gasteiger partial charge >= 0.3 is 6.03 Å². The molecule has 21 heavy (non-hydrogen) atoms. The smallest absolute Gasteiger partial charge is 0.326 e. The molecule has 1 unspecified atom stereocenters. The van der Waals surface area contributed by atoms with E-state index in [1.54, 1.807) is 14.0 Å². The Hall–Kier alpha value is -2.45. The van der Waals surface area contributed by atoms with Crippen molar-refractivity contribution in [2.75, 3.05) is 20.1 Å². The number of carbonyl (C=O) groups excluding carboxylic acids is 3. The van der Waals surface area contributed by atoms with Gasteiger partial charge in [-0.25, -0.2) is 9.78 Å². The molecule has 2 N–H and O–H groups in total. The summed E-state index contributed by atoms with van der Waals surface area (Å²) < 4.78 is 0. The zero-order valence-electron chi connectivity index (χ0n) is 12.0. The molecule has 0 bridgehead atoms. The highest BCUT2D eigenvalue weighted by Gasteiger charge is 2.32. The van der Waals surface area contributed by atoms with Crippen molar-refractivity contribution in [3.8, 4) is 0 Å². The first-order valence-electron chi connectivity index (χ1n) is 6.69. The van der Waals surface area contributed by atoms with Crippen molar-refractivity contribution in [1.82, 2.24) is 30.3 Å². The lowest BCUT2D eigenvalue weighted by atomic mass is 10.2. The van der Waals surface area contributed by atoms with Crippen LogP contribution in [0.5, 0.6) is 0 Å². The van der Waals surface area contributed by atoms with Gasteiger partial charge < -0.3 is 10.2 Å². The lowest BCUT2D eigenvalue weighted by Crippen LogP contribution is -2.33. The van der Waals surface area contributed by atoms with Crippen LogP contribution in [0.4, 0.5) is 4.79 Å². The Labute approximate surface area is 121 Å². The van der Waals surface area contributed by atoms with Crippen LogP contribution in [0.2, 0.25) is 0 Å². The molecule has 0 aromatic carbocycles. The molecule has 114 valence electrons. The molecule has 1 fully saturated rings. The topological polar surface area (TPSA) is 111 Å². The van der Waals surface area contributed by atoms with E-state index in [1.165, 1.54) is 16.1 Å². The number of rotatable bonds is 6. The predicted molar refractivity (Wildman–Crippen MR) is 71.9 cm³/mol. The average molecular weight is 294 g/mol. The number of nitrogens with zero attached hydrogens (tertiary/aromatic N) is 4. The maximum Gasteiger partial charge on any atom is 0.326 e. The fourth-order valence-corrected chi connectivity index (χ4v) is 2.09. The second-order valence-corrected chi connectivity index (χ2v) is 4.95. The number of hydrogen-bond acceptors (Lipinski definition) is 5. The second-order valence-electron chi connectivity index (χ2n) is 4.95. The first-order chi connectivity index (χ1) is 9.99. The Balaban J connectivity index is 1.72. The number of amides is 4. The SMILES string of the molecule is CC(NC(=O)CCCN1C(=O)CN(C)C1=O)c1ncn[nH]1. The van der Waals surface area contributed by atoms with Gasteiger partial charge in [-0.15, -0.1) is 0 Å². The molecule has 2 rings (SSSR count). The molecule has 1 aliphatic rings. The van der Waals surface area contributed by atoms with Crippen molar-refractivity contribution in [3.05, 3.63) is 12.2 Å². The molecule has 1 aromatic rings. The minimum absolute atomic E-state index is 0.105. The Morgan fingerprint density at radius 1 is 1.52 bits per heavy atom. The molecule has 4 amide bonds. The largest absolute Gasteiger partial charge is 0.346 e. The maximum absolute atomic E-state index is 11.8. The van der Waals surface area contributed by atoms with Crippen molar-refractivity contribution in [2.24, 2.45) is 0 Å². The predicted octanol–water partition coefficient (Wildman–Crippen LogP) is -0.344. The van der Waals surface area contributed by atoms with E-state index in [4.69, 9.17) is 0 Å². The Morgan fingerprint density at radius 2 is 2.29 bits per heavy atom. The molecule has 0 saturated carbocycles. The van der Waals surface area contributed by atoms with Crippen LogP contribution in [-0.2, 0) is 9.59 Å². The number of likely N-dealkylation sites (N-methyl/N-ethyl adjacent to an activating group) is 1. The third-order valence-corrected chi connectivity index (χ3v) is 3.24. The van der Waals surface area contributed by atoms with Crippen molar-refractivity contribution in [3.63, 3.8) is 0 Å². The summed E-state index contributed by atoms with van der Waals surface area (Å²) in [5.41, 5.74) is 0. The zero-order valence-corrected chi connectivity index (χ0v) is 12.0. The van der Waals surface area contributed by atoms with Crippen molar-refractivity contribution in [2.45, 2.75) is 25.8 Å². The first-order valence-corrected chi connectivity index (χ1v) is 6.69. The molecule has 0 aliphatic carbocycles. The van der Waals surface area contributed by atoms with Crippen LogP contribution in [0, 0.1) is 0 Å². The van der Waals surface area contributed by atoms with Crippen LogP contribution in [0.25, 0.3) is 0 Å². The molecule has 9 heteroatoms. The third-order valence-electron chi connectivity index (χ3n) is 3.24. The van der Waals surface area contributed by atoms with Gasteiger partial charge in [0.2, 0.25) is 11.8 Å². The van der Waals surface area contributed by atoms with Gasteiger partial charge in [-0.05, 0) is 13.3 Å². The molecule has 2 heterocycles. The van der Waals surface area contributed by atoms with Gasteiger partial charge in [0.15, 0.2) is 0 Å². The summed E-state index contributed by atoms with van der Waals surface area (Å²) in [5.74, 6) is 0.194. The van der Waals surface area contributed by atoms with Gasteiger partial charge in [0, 0.05) is 20.0 Å². The highest BCUT2D eigenvalue weighted by Crippen LogP contribution is 2.10. The summed E-state index contributed by atoms with van der Waals surface area (Å²) in [7, 11) is 1.58. The molecule has 0 radical (unpaired) electrons.